The predicted octanol–water partition coefficient (Wildman–Crippen LogP) is 6.81. The van der Waals surface area contributed by atoms with Crippen LogP contribution in [0.25, 0.3) is 0 Å². The third kappa shape index (κ3) is 9.71. The number of ether oxygens (including phenoxy) is 4. The van der Waals surface area contributed by atoms with Gasteiger partial charge in [-0.2, -0.15) is 57.1 Å². The first-order valence-corrected chi connectivity index (χ1v) is 10.6. The van der Waals surface area contributed by atoms with Crippen molar-refractivity contribution in [1.29, 1.82) is 0 Å². The predicted molar refractivity (Wildman–Crippen MR) is 92.3 cm³/mol. The second-order valence-corrected chi connectivity index (χ2v) is 7.66. The van der Waals surface area contributed by atoms with Crippen LogP contribution in [0.2, 0.25) is 0 Å². The van der Waals surface area contributed by atoms with E-state index in [0.717, 1.165) is 0 Å². The Hall–Kier alpha value is -0.800. The molecule has 1 unspecified atom stereocenters. The fourth-order valence-corrected chi connectivity index (χ4v) is 2.39. The Morgan fingerprint density at radius 3 is 1.59 bits per heavy atom. The summed E-state index contributed by atoms with van der Waals surface area (Å²) in [6.45, 7) is -4.87. The molecule has 0 saturated carbocycles. The molecular formula is C16H17BrF16O4. The molecule has 224 valence electrons. The van der Waals surface area contributed by atoms with Crippen molar-refractivity contribution < 1.29 is 89.2 Å². The normalized spacial score (nSPS) is 16.4. The Bertz CT molecular complexity index is 676. The van der Waals surface area contributed by atoms with Crippen molar-refractivity contribution in [2.75, 3.05) is 31.8 Å². The van der Waals surface area contributed by atoms with Crippen LogP contribution < -0.4 is 0 Å². The molecule has 0 aliphatic rings. The van der Waals surface area contributed by atoms with Crippen molar-refractivity contribution in [2.45, 2.75) is 67.9 Å². The second-order valence-electron chi connectivity index (χ2n) is 6.87. The SMILES string of the molecule is FC(F)COCC(F)[C@H](COCCCCBr)OC(F)(F)C(F)(F)OC(F)(F)C(F)(F)C(F)(F)C(F)(F)F. The first-order chi connectivity index (χ1) is 16.5. The molecule has 0 amide bonds. The summed E-state index contributed by atoms with van der Waals surface area (Å²) in [5.41, 5.74) is 0. The smallest absolute Gasteiger partial charge is 0.379 e. The quantitative estimate of drug-likeness (QED) is 0.0923. The molecule has 0 radical (unpaired) electrons. The van der Waals surface area contributed by atoms with Crippen LogP contribution >= 0.6 is 15.9 Å². The number of alkyl halides is 17. The Balaban J connectivity index is 5.79. The van der Waals surface area contributed by atoms with Gasteiger partial charge in [-0.3, -0.25) is 0 Å². The summed E-state index contributed by atoms with van der Waals surface area (Å²) >= 11 is 2.98. The standard InChI is InChI=1S/C16H17BrF16O4/c17-3-1-2-4-34-6-9(8(18)5-35-7-10(19)20)36-15(30,31)16(32,33)37-14(28,29)12(23,24)11(21,22)13(25,26)27/h8-10H,1-7H2/t8?,9-/m0/s1. The van der Waals surface area contributed by atoms with E-state index in [1.54, 1.807) is 4.74 Å². The van der Waals surface area contributed by atoms with E-state index in [2.05, 4.69) is 30.1 Å². The molecule has 0 N–H and O–H groups in total. The van der Waals surface area contributed by atoms with Gasteiger partial charge >= 0.3 is 36.3 Å². The van der Waals surface area contributed by atoms with E-state index in [-0.39, 0.29) is 13.0 Å². The number of rotatable bonds is 18. The highest BCUT2D eigenvalue weighted by atomic mass is 79.9. The Kier molecular flexibility index (Phi) is 13.2. The molecule has 2 atom stereocenters. The van der Waals surface area contributed by atoms with Crippen LogP contribution in [0.3, 0.4) is 0 Å². The minimum absolute atomic E-state index is 0.140. The van der Waals surface area contributed by atoms with Crippen molar-refractivity contribution >= 4 is 15.9 Å². The van der Waals surface area contributed by atoms with Crippen LogP contribution in [-0.4, -0.2) is 86.8 Å². The van der Waals surface area contributed by atoms with E-state index in [4.69, 9.17) is 0 Å². The molecule has 0 saturated heterocycles. The van der Waals surface area contributed by atoms with E-state index < -0.39 is 74.9 Å². The topological polar surface area (TPSA) is 36.9 Å². The first kappa shape index (κ1) is 36.2. The van der Waals surface area contributed by atoms with Gasteiger partial charge in [0.25, 0.3) is 6.43 Å². The lowest BCUT2D eigenvalue weighted by Crippen LogP contribution is -2.64. The molecule has 0 heterocycles. The maximum atomic E-state index is 14.1. The van der Waals surface area contributed by atoms with E-state index >= 15 is 0 Å². The molecular weight excluding hydrogens is 640 g/mol. The summed E-state index contributed by atoms with van der Waals surface area (Å²) < 4.78 is 221. The van der Waals surface area contributed by atoms with Gasteiger partial charge in [0.05, 0.1) is 13.2 Å². The Labute approximate surface area is 205 Å². The zero-order chi connectivity index (χ0) is 29.5. The molecule has 0 aromatic rings. The second kappa shape index (κ2) is 13.5. The summed E-state index contributed by atoms with van der Waals surface area (Å²) in [5, 5.41) is 0.386. The van der Waals surface area contributed by atoms with Crippen molar-refractivity contribution in [3.8, 4) is 0 Å². The van der Waals surface area contributed by atoms with Gasteiger partial charge in [0.1, 0.15) is 12.7 Å². The molecule has 0 aliphatic carbocycles. The lowest BCUT2D eigenvalue weighted by molar-refractivity contribution is -0.528. The minimum atomic E-state index is -7.86. The molecule has 0 aliphatic heterocycles. The van der Waals surface area contributed by atoms with Crippen LogP contribution in [0.1, 0.15) is 12.8 Å². The average molecular weight is 657 g/mol. The van der Waals surface area contributed by atoms with Gasteiger partial charge in [-0.25, -0.2) is 17.9 Å². The number of hydrogen-bond donors (Lipinski definition) is 0. The van der Waals surface area contributed by atoms with E-state index in [9.17, 15) is 70.2 Å². The monoisotopic (exact) mass is 656 g/mol. The van der Waals surface area contributed by atoms with Gasteiger partial charge in [0.2, 0.25) is 0 Å². The molecule has 0 rings (SSSR count). The zero-order valence-electron chi connectivity index (χ0n) is 17.7. The Morgan fingerprint density at radius 1 is 0.595 bits per heavy atom. The molecule has 21 heteroatoms. The average Bonchev–Trinajstić information content (AvgIpc) is 2.70. The van der Waals surface area contributed by atoms with Gasteiger partial charge in [-0.15, -0.1) is 0 Å². The molecule has 0 aromatic heterocycles. The van der Waals surface area contributed by atoms with Gasteiger partial charge in [0, 0.05) is 11.9 Å². The molecule has 0 fully saturated rings. The van der Waals surface area contributed by atoms with Crippen molar-refractivity contribution in [1.82, 2.24) is 0 Å². The fourth-order valence-electron chi connectivity index (χ4n) is 1.99. The highest BCUT2D eigenvalue weighted by Crippen LogP contribution is 2.55. The van der Waals surface area contributed by atoms with Crippen LogP contribution in [0.15, 0.2) is 0 Å². The van der Waals surface area contributed by atoms with E-state index in [0.29, 0.717) is 11.8 Å². The maximum absolute atomic E-state index is 14.1. The number of hydrogen-bond acceptors (Lipinski definition) is 4. The van der Waals surface area contributed by atoms with Crippen LogP contribution in [0.5, 0.6) is 0 Å². The molecule has 0 bridgehead atoms. The highest BCUT2D eigenvalue weighted by molar-refractivity contribution is 9.09. The largest absolute Gasteiger partial charge is 0.460 e. The lowest BCUT2D eigenvalue weighted by atomic mass is 10.1. The van der Waals surface area contributed by atoms with Crippen LogP contribution in [0.4, 0.5) is 70.2 Å². The first-order valence-electron chi connectivity index (χ1n) is 9.44. The van der Waals surface area contributed by atoms with Crippen LogP contribution in [-0.2, 0) is 18.9 Å². The maximum Gasteiger partial charge on any atom is 0.460 e. The Morgan fingerprint density at radius 2 is 1.14 bits per heavy atom. The zero-order valence-corrected chi connectivity index (χ0v) is 19.3. The fraction of sp³-hybridized carbons (Fsp3) is 1.00. The van der Waals surface area contributed by atoms with Crippen molar-refractivity contribution in [3.63, 3.8) is 0 Å². The summed E-state index contributed by atoms with van der Waals surface area (Å²) in [5.74, 6) is -15.6. The van der Waals surface area contributed by atoms with Gasteiger partial charge in [-0.1, -0.05) is 15.9 Å². The van der Waals surface area contributed by atoms with Crippen molar-refractivity contribution in [3.05, 3.63) is 0 Å². The third-order valence-electron chi connectivity index (χ3n) is 3.89. The van der Waals surface area contributed by atoms with Crippen LogP contribution in [0, 0.1) is 0 Å². The summed E-state index contributed by atoms with van der Waals surface area (Å²) in [6, 6.07) is 0. The number of unbranched alkanes of at least 4 members (excludes halogenated alkanes) is 1. The molecule has 0 spiro atoms. The number of halogens is 17. The third-order valence-corrected chi connectivity index (χ3v) is 4.45. The van der Waals surface area contributed by atoms with Gasteiger partial charge < -0.3 is 14.2 Å². The van der Waals surface area contributed by atoms with Gasteiger partial charge in [-0.05, 0) is 12.8 Å². The summed E-state index contributed by atoms with van der Waals surface area (Å²) in [4.78, 5) is 0. The van der Waals surface area contributed by atoms with Crippen molar-refractivity contribution in [2.24, 2.45) is 0 Å². The van der Waals surface area contributed by atoms with E-state index in [1.165, 1.54) is 0 Å². The minimum Gasteiger partial charge on any atom is -0.379 e. The van der Waals surface area contributed by atoms with E-state index in [1.807, 2.05) is 0 Å². The lowest BCUT2D eigenvalue weighted by Gasteiger charge is -2.36. The molecule has 4 nitrogen and oxygen atoms in total. The van der Waals surface area contributed by atoms with Gasteiger partial charge in [0.15, 0.2) is 6.17 Å². The highest BCUT2D eigenvalue weighted by Gasteiger charge is 2.85. The summed E-state index contributed by atoms with van der Waals surface area (Å²) in [6.07, 6.45) is -37.5. The molecule has 37 heavy (non-hydrogen) atoms. The molecule has 0 aromatic carbocycles. The summed E-state index contributed by atoms with van der Waals surface area (Å²) in [7, 11) is 0.